The molecule has 2 rings (SSSR count). The van der Waals surface area contributed by atoms with Crippen LogP contribution in [0.5, 0.6) is 0 Å². The first-order valence-corrected chi connectivity index (χ1v) is 6.46. The predicted molar refractivity (Wildman–Crippen MR) is 69.3 cm³/mol. The van der Waals surface area contributed by atoms with Crippen molar-refractivity contribution >= 4 is 17.7 Å². The van der Waals surface area contributed by atoms with Crippen LogP contribution >= 0.6 is 0 Å². The Kier molecular flexibility index (Phi) is 4.52. The zero-order chi connectivity index (χ0) is 14.5. The molecule has 7 heteroatoms. The van der Waals surface area contributed by atoms with Crippen molar-refractivity contribution in [2.75, 3.05) is 0 Å². The number of furan rings is 1. The Morgan fingerprint density at radius 2 is 2.35 bits per heavy atom. The Hall–Kier alpha value is -2.15. The molecule has 2 unspecified atom stereocenters. The molecular weight excluding hydrogens is 262 g/mol. The summed E-state index contributed by atoms with van der Waals surface area (Å²) in [6, 6.07) is 2.46. The van der Waals surface area contributed by atoms with Crippen molar-refractivity contribution in [1.29, 1.82) is 0 Å². The minimum Gasteiger partial charge on any atom is -0.467 e. The number of carbonyl (C=O) groups excluding carboxylic acids is 3. The first kappa shape index (κ1) is 14.3. The van der Waals surface area contributed by atoms with Gasteiger partial charge in [0.25, 0.3) is 0 Å². The van der Waals surface area contributed by atoms with E-state index in [-0.39, 0.29) is 24.1 Å². The summed E-state index contributed by atoms with van der Waals surface area (Å²) < 4.78 is 5.11. The van der Waals surface area contributed by atoms with E-state index in [0.717, 1.165) is 0 Å². The van der Waals surface area contributed by atoms with Gasteiger partial charge in [-0.1, -0.05) is 0 Å². The quantitative estimate of drug-likeness (QED) is 0.641. The van der Waals surface area contributed by atoms with Crippen LogP contribution in [-0.4, -0.2) is 29.8 Å². The van der Waals surface area contributed by atoms with E-state index in [4.69, 9.17) is 4.42 Å². The van der Waals surface area contributed by atoms with Crippen LogP contribution in [0.1, 0.15) is 25.5 Å². The first-order valence-electron chi connectivity index (χ1n) is 6.46. The Bertz CT molecular complexity index is 498. The smallest absolute Gasteiger partial charge is 0.243 e. The number of amides is 3. The predicted octanol–water partition coefficient (Wildman–Crippen LogP) is -0.321. The van der Waals surface area contributed by atoms with Gasteiger partial charge in [0, 0.05) is 6.42 Å². The highest BCUT2D eigenvalue weighted by Gasteiger charge is 2.28. The van der Waals surface area contributed by atoms with Gasteiger partial charge in [-0.25, -0.2) is 0 Å². The summed E-state index contributed by atoms with van der Waals surface area (Å²) in [5.74, 6) is -0.229. The molecule has 1 fully saturated rings. The first-order chi connectivity index (χ1) is 9.56. The van der Waals surface area contributed by atoms with Crippen LogP contribution < -0.4 is 16.0 Å². The van der Waals surface area contributed by atoms with Crippen LogP contribution in [-0.2, 0) is 20.9 Å². The van der Waals surface area contributed by atoms with Crippen molar-refractivity contribution in [2.24, 2.45) is 0 Å². The van der Waals surface area contributed by atoms with Gasteiger partial charge in [0.2, 0.25) is 17.7 Å². The molecular formula is C13H17N3O4. The van der Waals surface area contributed by atoms with Gasteiger partial charge in [-0.05, 0) is 25.5 Å². The van der Waals surface area contributed by atoms with Gasteiger partial charge in [0.1, 0.15) is 5.76 Å². The van der Waals surface area contributed by atoms with Gasteiger partial charge in [0.05, 0.1) is 24.9 Å². The van der Waals surface area contributed by atoms with E-state index in [0.29, 0.717) is 18.7 Å². The maximum Gasteiger partial charge on any atom is 0.243 e. The molecule has 2 heterocycles. The molecule has 0 aromatic carbocycles. The third kappa shape index (κ3) is 3.67. The summed E-state index contributed by atoms with van der Waals surface area (Å²) >= 11 is 0. The number of piperidine rings is 1. The van der Waals surface area contributed by atoms with Crippen LogP contribution in [0.4, 0.5) is 0 Å². The van der Waals surface area contributed by atoms with Crippen LogP contribution in [0.3, 0.4) is 0 Å². The van der Waals surface area contributed by atoms with Gasteiger partial charge in [-0.15, -0.1) is 0 Å². The molecule has 1 aliphatic rings. The molecule has 20 heavy (non-hydrogen) atoms. The Labute approximate surface area is 116 Å². The molecule has 3 amide bonds. The normalized spacial score (nSPS) is 20.4. The number of nitrogens with one attached hydrogen (secondary N) is 3. The standard InChI is InChI=1S/C13H17N3O4/c1-8(12(18)14-7-9-3-2-6-20-9)15-10-4-5-11(17)16-13(10)19/h2-3,6,8,10,15H,4-5,7H2,1H3,(H,14,18)(H,16,17,19). The Morgan fingerprint density at radius 1 is 1.55 bits per heavy atom. The van der Waals surface area contributed by atoms with E-state index >= 15 is 0 Å². The highest BCUT2D eigenvalue weighted by Crippen LogP contribution is 2.05. The van der Waals surface area contributed by atoms with E-state index in [1.54, 1.807) is 19.1 Å². The molecule has 0 aliphatic carbocycles. The maximum atomic E-state index is 11.9. The lowest BCUT2D eigenvalue weighted by atomic mass is 10.1. The summed E-state index contributed by atoms with van der Waals surface area (Å²) in [7, 11) is 0. The molecule has 3 N–H and O–H groups in total. The monoisotopic (exact) mass is 279 g/mol. The largest absolute Gasteiger partial charge is 0.467 e. The van der Waals surface area contributed by atoms with Crippen LogP contribution in [0, 0.1) is 0 Å². The van der Waals surface area contributed by atoms with Gasteiger partial charge < -0.3 is 9.73 Å². The molecule has 0 spiro atoms. The molecule has 7 nitrogen and oxygen atoms in total. The van der Waals surface area contributed by atoms with E-state index in [9.17, 15) is 14.4 Å². The van der Waals surface area contributed by atoms with E-state index in [1.807, 2.05) is 0 Å². The molecule has 0 bridgehead atoms. The molecule has 0 saturated carbocycles. The minimum atomic E-state index is -0.533. The van der Waals surface area contributed by atoms with Crippen molar-refractivity contribution in [1.82, 2.24) is 16.0 Å². The van der Waals surface area contributed by atoms with Crippen LogP contribution in [0.2, 0.25) is 0 Å². The van der Waals surface area contributed by atoms with Crippen molar-refractivity contribution in [3.05, 3.63) is 24.2 Å². The van der Waals surface area contributed by atoms with E-state index in [2.05, 4.69) is 16.0 Å². The second kappa shape index (κ2) is 6.33. The highest BCUT2D eigenvalue weighted by atomic mass is 16.3. The highest BCUT2D eigenvalue weighted by molar-refractivity contribution is 6.00. The maximum absolute atomic E-state index is 11.9. The van der Waals surface area contributed by atoms with Gasteiger partial charge in [0.15, 0.2) is 0 Å². The van der Waals surface area contributed by atoms with Crippen molar-refractivity contribution in [3.8, 4) is 0 Å². The molecule has 1 aromatic heterocycles. The molecule has 2 atom stereocenters. The summed E-state index contributed by atoms with van der Waals surface area (Å²) in [6.45, 7) is 1.97. The van der Waals surface area contributed by atoms with E-state index in [1.165, 1.54) is 6.26 Å². The fourth-order valence-corrected chi connectivity index (χ4v) is 1.97. The van der Waals surface area contributed by atoms with Gasteiger partial charge in [-0.2, -0.15) is 0 Å². The molecule has 1 aliphatic heterocycles. The fourth-order valence-electron chi connectivity index (χ4n) is 1.97. The van der Waals surface area contributed by atoms with Crippen LogP contribution in [0.15, 0.2) is 22.8 Å². The lowest BCUT2D eigenvalue weighted by Gasteiger charge is -2.24. The second-order valence-corrected chi connectivity index (χ2v) is 4.69. The van der Waals surface area contributed by atoms with Crippen molar-refractivity contribution in [2.45, 2.75) is 38.4 Å². The zero-order valence-corrected chi connectivity index (χ0v) is 11.1. The lowest BCUT2D eigenvalue weighted by Crippen LogP contribution is -2.55. The van der Waals surface area contributed by atoms with Crippen molar-refractivity contribution in [3.63, 3.8) is 0 Å². The van der Waals surface area contributed by atoms with Crippen molar-refractivity contribution < 1.29 is 18.8 Å². The second-order valence-electron chi connectivity index (χ2n) is 4.69. The third-order valence-corrected chi connectivity index (χ3v) is 3.10. The van der Waals surface area contributed by atoms with Gasteiger partial charge in [-0.3, -0.25) is 25.0 Å². The van der Waals surface area contributed by atoms with Gasteiger partial charge >= 0.3 is 0 Å². The number of hydrogen-bond donors (Lipinski definition) is 3. The SMILES string of the molecule is CC(NC1CCC(=O)NC1=O)C(=O)NCc1ccco1. The zero-order valence-electron chi connectivity index (χ0n) is 11.1. The number of hydrogen-bond acceptors (Lipinski definition) is 5. The summed E-state index contributed by atoms with van der Waals surface area (Å²) in [5, 5.41) is 7.86. The third-order valence-electron chi connectivity index (χ3n) is 3.10. The molecule has 108 valence electrons. The summed E-state index contributed by atoms with van der Waals surface area (Å²) in [6.07, 6.45) is 2.22. The lowest BCUT2D eigenvalue weighted by molar-refractivity contribution is -0.135. The van der Waals surface area contributed by atoms with Crippen LogP contribution in [0.25, 0.3) is 0 Å². The number of imide groups is 1. The Balaban J connectivity index is 1.78. The molecule has 0 radical (unpaired) electrons. The minimum absolute atomic E-state index is 0.230. The molecule has 1 aromatic rings. The number of rotatable bonds is 5. The molecule has 1 saturated heterocycles. The summed E-state index contributed by atoms with van der Waals surface area (Å²) in [5.41, 5.74) is 0. The summed E-state index contributed by atoms with van der Waals surface area (Å²) in [4.78, 5) is 34.5. The average Bonchev–Trinajstić information content (AvgIpc) is 2.92. The average molecular weight is 279 g/mol. The Morgan fingerprint density at radius 3 is 3.00 bits per heavy atom. The fraction of sp³-hybridized carbons (Fsp3) is 0.462. The number of carbonyl (C=O) groups is 3. The topological polar surface area (TPSA) is 100 Å². The van der Waals surface area contributed by atoms with E-state index < -0.39 is 12.1 Å².